The van der Waals surface area contributed by atoms with E-state index in [9.17, 15) is 0 Å². The molecule has 5 rings (SSSR count). The summed E-state index contributed by atoms with van der Waals surface area (Å²) in [5.74, 6) is 0. The lowest BCUT2D eigenvalue weighted by molar-refractivity contribution is 1.49. The Morgan fingerprint density at radius 1 is 0.519 bits per heavy atom. The Morgan fingerprint density at radius 2 is 1.00 bits per heavy atom. The zero-order valence-electron chi connectivity index (χ0n) is 15.7. The van der Waals surface area contributed by atoms with Crippen LogP contribution in [0.1, 0.15) is 5.56 Å². The van der Waals surface area contributed by atoms with Gasteiger partial charge in [-0.2, -0.15) is 0 Å². The third-order valence-electron chi connectivity index (χ3n) is 6.03. The lowest BCUT2D eigenvalue weighted by atomic mass is 9.95. The minimum atomic E-state index is -2.13. The molecule has 0 unspecified atom stereocenters. The fourth-order valence-electron chi connectivity index (χ4n) is 4.67. The highest BCUT2D eigenvalue weighted by atomic mass is 28.3. The van der Waals surface area contributed by atoms with Crippen LogP contribution < -0.4 is 15.6 Å². The minimum absolute atomic E-state index is 1.33. The van der Waals surface area contributed by atoms with Crippen molar-refractivity contribution in [1.29, 1.82) is 0 Å². The fourth-order valence-corrected chi connectivity index (χ4v) is 8.90. The first-order valence-electron chi connectivity index (χ1n) is 9.55. The van der Waals surface area contributed by atoms with Gasteiger partial charge in [-0.15, -0.1) is 0 Å². The van der Waals surface area contributed by atoms with E-state index in [1.165, 1.54) is 43.4 Å². The van der Waals surface area contributed by atoms with E-state index in [-0.39, 0.29) is 0 Å². The summed E-state index contributed by atoms with van der Waals surface area (Å²) >= 11 is 0. The quantitative estimate of drug-likeness (QED) is 0.429. The average Bonchev–Trinajstić information content (AvgIpc) is 2.82. The molecule has 0 amide bonds. The van der Waals surface area contributed by atoms with E-state index in [0.29, 0.717) is 0 Å². The normalized spacial score (nSPS) is 13.9. The highest BCUT2D eigenvalue weighted by Crippen LogP contribution is 2.35. The molecule has 4 aromatic carbocycles. The van der Waals surface area contributed by atoms with Gasteiger partial charge in [0.15, 0.2) is 0 Å². The summed E-state index contributed by atoms with van der Waals surface area (Å²) in [5.41, 5.74) is 6.81. The first kappa shape index (κ1) is 16.3. The van der Waals surface area contributed by atoms with Crippen LogP contribution >= 0.6 is 0 Å². The van der Waals surface area contributed by atoms with Crippen LogP contribution in [0.2, 0.25) is 6.55 Å². The molecule has 0 bridgehead atoms. The average molecular weight is 363 g/mol. The monoisotopic (exact) mass is 362 g/mol. The van der Waals surface area contributed by atoms with E-state index in [2.05, 4.69) is 111 Å². The third kappa shape index (κ3) is 2.35. The second kappa shape index (κ2) is 6.07. The van der Waals surface area contributed by atoms with Crippen molar-refractivity contribution >= 4 is 23.6 Å². The van der Waals surface area contributed by atoms with E-state index in [0.717, 1.165) is 0 Å². The van der Waals surface area contributed by atoms with Crippen molar-refractivity contribution in [2.24, 2.45) is 0 Å². The van der Waals surface area contributed by atoms with Crippen LogP contribution in [0.3, 0.4) is 0 Å². The molecule has 0 atom stereocenters. The topological polar surface area (TPSA) is 0 Å². The first-order valence-corrected chi connectivity index (χ1v) is 12.1. The molecule has 0 fully saturated rings. The fraction of sp³-hybridized carbons (Fsp3) is 0.0769. The summed E-state index contributed by atoms with van der Waals surface area (Å²) in [5, 5.41) is 4.50. The van der Waals surface area contributed by atoms with Crippen LogP contribution in [-0.4, -0.2) is 8.07 Å². The zero-order valence-corrected chi connectivity index (χ0v) is 16.7. The van der Waals surface area contributed by atoms with Gasteiger partial charge >= 0.3 is 0 Å². The van der Waals surface area contributed by atoms with E-state index >= 15 is 0 Å². The summed E-state index contributed by atoms with van der Waals surface area (Å²) in [7, 11) is -2.13. The van der Waals surface area contributed by atoms with Gasteiger partial charge in [0.1, 0.15) is 8.07 Å². The van der Waals surface area contributed by atoms with Crippen molar-refractivity contribution in [3.05, 3.63) is 103 Å². The molecule has 130 valence electrons. The molecule has 1 heterocycles. The van der Waals surface area contributed by atoms with E-state index in [1.807, 2.05) is 0 Å². The van der Waals surface area contributed by atoms with Gasteiger partial charge in [-0.25, -0.2) is 0 Å². The van der Waals surface area contributed by atoms with Gasteiger partial charge < -0.3 is 0 Å². The van der Waals surface area contributed by atoms with Crippen molar-refractivity contribution in [2.45, 2.75) is 13.5 Å². The number of hydrogen-bond acceptors (Lipinski definition) is 0. The number of benzene rings is 4. The smallest absolute Gasteiger partial charge is 0.0623 e. The number of fused-ring (bicyclic) bond motifs is 5. The third-order valence-corrected chi connectivity index (χ3v) is 10.5. The number of rotatable bonds is 1. The highest BCUT2D eigenvalue weighted by molar-refractivity contribution is 7.12. The molecule has 27 heavy (non-hydrogen) atoms. The maximum absolute atomic E-state index is 2.52. The van der Waals surface area contributed by atoms with Crippen molar-refractivity contribution in [2.75, 3.05) is 0 Å². The Morgan fingerprint density at radius 3 is 1.52 bits per heavy atom. The van der Waals surface area contributed by atoms with Crippen LogP contribution in [0.5, 0.6) is 0 Å². The Balaban J connectivity index is 1.98. The van der Waals surface area contributed by atoms with Crippen molar-refractivity contribution in [3.63, 3.8) is 0 Å². The van der Waals surface area contributed by atoms with E-state index in [4.69, 9.17) is 0 Å². The van der Waals surface area contributed by atoms with Gasteiger partial charge in [0.25, 0.3) is 0 Å². The van der Waals surface area contributed by atoms with Crippen molar-refractivity contribution in [3.8, 4) is 22.3 Å². The SMILES string of the molecule is Cc1cccc([Si]2(C)c3ccccc3-c3ccccc3-c3ccccc32)c1. The molecule has 1 aliphatic rings. The van der Waals surface area contributed by atoms with Gasteiger partial charge in [0, 0.05) is 0 Å². The lowest BCUT2D eigenvalue weighted by Crippen LogP contribution is -2.65. The molecule has 1 heteroatoms. The Bertz CT molecular complexity index is 1090. The van der Waals surface area contributed by atoms with Crippen LogP contribution in [0, 0.1) is 6.92 Å². The van der Waals surface area contributed by atoms with E-state index < -0.39 is 8.07 Å². The molecule has 0 nitrogen and oxygen atoms in total. The summed E-state index contributed by atoms with van der Waals surface area (Å²) in [6, 6.07) is 36.1. The first-order chi connectivity index (χ1) is 13.2. The van der Waals surface area contributed by atoms with Crippen molar-refractivity contribution in [1.82, 2.24) is 0 Å². The second-order valence-corrected chi connectivity index (χ2v) is 11.5. The molecule has 0 N–H and O–H groups in total. The van der Waals surface area contributed by atoms with Gasteiger partial charge in [-0.3, -0.25) is 0 Å². The largest absolute Gasteiger partial charge is 0.147 e. The molecule has 0 radical (unpaired) electrons. The molecule has 4 aromatic rings. The predicted octanol–water partition coefficient (Wildman–Crippen LogP) is 4.74. The van der Waals surface area contributed by atoms with Crippen LogP contribution in [-0.2, 0) is 0 Å². The molecule has 0 saturated carbocycles. The van der Waals surface area contributed by atoms with Gasteiger partial charge in [-0.05, 0) is 44.7 Å². The maximum atomic E-state index is 2.52. The Hall–Kier alpha value is -2.90. The molecule has 1 aliphatic heterocycles. The van der Waals surface area contributed by atoms with Gasteiger partial charge in [0.2, 0.25) is 0 Å². The minimum Gasteiger partial charge on any atom is -0.0623 e. The molecular formula is C26H22Si. The standard InChI is InChI=1S/C26H22Si/c1-19-10-9-11-20(18-19)27(2)25-16-7-5-14-23(25)21-12-3-4-13-22(21)24-15-6-8-17-26(24)27/h3-18H,1-2H3. The molecule has 0 aromatic heterocycles. The molecule has 0 aliphatic carbocycles. The maximum Gasteiger partial charge on any atom is 0.147 e. The van der Waals surface area contributed by atoms with Gasteiger partial charge in [0.05, 0.1) is 0 Å². The molecule has 0 saturated heterocycles. The van der Waals surface area contributed by atoms with Crippen LogP contribution in [0.4, 0.5) is 0 Å². The molecule has 0 spiro atoms. The second-order valence-electron chi connectivity index (χ2n) is 7.63. The summed E-state index contributed by atoms with van der Waals surface area (Å²) < 4.78 is 0. The summed E-state index contributed by atoms with van der Waals surface area (Å²) in [6.45, 7) is 4.72. The lowest BCUT2D eigenvalue weighted by Gasteiger charge is -2.31. The van der Waals surface area contributed by atoms with Crippen LogP contribution in [0.25, 0.3) is 22.3 Å². The van der Waals surface area contributed by atoms with Crippen molar-refractivity contribution < 1.29 is 0 Å². The summed E-state index contributed by atoms with van der Waals surface area (Å²) in [4.78, 5) is 0. The highest BCUT2D eigenvalue weighted by Gasteiger charge is 2.40. The molecular weight excluding hydrogens is 340 g/mol. The Kier molecular flexibility index (Phi) is 3.66. The number of hydrogen-bond donors (Lipinski definition) is 0. The van der Waals surface area contributed by atoms with Gasteiger partial charge in [-0.1, -0.05) is 109 Å². The zero-order chi connectivity index (χ0) is 18.4. The Labute approximate surface area is 162 Å². The number of aryl methyl sites for hydroxylation is 1. The summed E-state index contributed by atoms with van der Waals surface area (Å²) in [6.07, 6.45) is 0. The van der Waals surface area contributed by atoms with E-state index in [1.54, 1.807) is 0 Å². The van der Waals surface area contributed by atoms with Crippen LogP contribution in [0.15, 0.2) is 97.1 Å². The predicted molar refractivity (Wildman–Crippen MR) is 119 cm³/mol.